The van der Waals surface area contributed by atoms with Gasteiger partial charge in [-0.2, -0.15) is 9.40 Å². The molecule has 0 saturated carbocycles. The molecule has 1 aromatic heterocycles. The van der Waals surface area contributed by atoms with Crippen molar-refractivity contribution in [1.29, 1.82) is 0 Å². The second kappa shape index (κ2) is 5.48. The first-order valence-corrected chi connectivity index (χ1v) is 6.77. The summed E-state index contributed by atoms with van der Waals surface area (Å²) in [5.74, 6) is -0.0217. The van der Waals surface area contributed by atoms with Crippen LogP contribution in [0.4, 0.5) is 5.82 Å². The molecule has 0 spiro atoms. The van der Waals surface area contributed by atoms with Crippen molar-refractivity contribution in [1.82, 2.24) is 14.1 Å². The Morgan fingerprint density at radius 2 is 2.18 bits per heavy atom. The fourth-order valence-electron chi connectivity index (χ4n) is 1.53. The zero-order chi connectivity index (χ0) is 13.1. The Hall–Kier alpha value is -1.12. The number of aliphatic hydroxyl groups excluding tert-OH is 1. The molecule has 3 N–H and O–H groups in total. The molecular formula is C9H18N4O3S. The van der Waals surface area contributed by atoms with E-state index in [0.29, 0.717) is 13.0 Å². The van der Waals surface area contributed by atoms with E-state index in [4.69, 9.17) is 10.8 Å². The first-order valence-electron chi connectivity index (χ1n) is 5.33. The second-order valence-corrected chi connectivity index (χ2v) is 5.59. The quantitative estimate of drug-likeness (QED) is 0.712. The van der Waals surface area contributed by atoms with Gasteiger partial charge in [-0.15, -0.1) is 0 Å². The van der Waals surface area contributed by atoms with E-state index in [1.165, 1.54) is 15.2 Å². The number of aliphatic hydroxyl groups is 1. The smallest absolute Gasteiger partial charge is 0.248 e. The maximum atomic E-state index is 12.2. The van der Waals surface area contributed by atoms with E-state index in [0.717, 1.165) is 0 Å². The van der Waals surface area contributed by atoms with E-state index in [1.54, 1.807) is 7.05 Å². The van der Waals surface area contributed by atoms with Gasteiger partial charge in [0.15, 0.2) is 5.82 Å². The van der Waals surface area contributed by atoms with E-state index in [2.05, 4.69) is 5.10 Å². The number of rotatable bonds is 6. The molecule has 17 heavy (non-hydrogen) atoms. The summed E-state index contributed by atoms with van der Waals surface area (Å²) in [5, 5.41) is 12.7. The van der Waals surface area contributed by atoms with Crippen LogP contribution in [0.5, 0.6) is 0 Å². The maximum Gasteiger partial charge on any atom is 0.248 e. The van der Waals surface area contributed by atoms with Gasteiger partial charge in [0.2, 0.25) is 10.0 Å². The zero-order valence-electron chi connectivity index (χ0n) is 10.00. The molecule has 7 nitrogen and oxygen atoms in total. The van der Waals surface area contributed by atoms with Gasteiger partial charge >= 0.3 is 0 Å². The zero-order valence-corrected chi connectivity index (χ0v) is 10.8. The molecule has 0 aromatic carbocycles. The SMILES string of the molecule is CCCN(CCO)S(=O)(=O)c1cn(C)nc1N. The minimum absolute atomic E-state index is 0.0121. The van der Waals surface area contributed by atoms with E-state index < -0.39 is 10.0 Å². The number of nitrogens with two attached hydrogens (primary N) is 1. The highest BCUT2D eigenvalue weighted by atomic mass is 32.2. The number of hydrogen-bond donors (Lipinski definition) is 2. The molecule has 1 heterocycles. The van der Waals surface area contributed by atoms with Crippen LogP contribution in [0.15, 0.2) is 11.1 Å². The molecule has 0 fully saturated rings. The third-order valence-electron chi connectivity index (χ3n) is 2.26. The lowest BCUT2D eigenvalue weighted by Crippen LogP contribution is -2.34. The summed E-state index contributed by atoms with van der Waals surface area (Å²) in [6.45, 7) is 2.05. The lowest BCUT2D eigenvalue weighted by molar-refractivity contribution is 0.253. The van der Waals surface area contributed by atoms with Gasteiger partial charge in [0, 0.05) is 26.3 Å². The molecule has 0 unspecified atom stereocenters. The Kier molecular flexibility index (Phi) is 4.49. The van der Waals surface area contributed by atoms with Gasteiger partial charge in [-0.05, 0) is 6.42 Å². The summed E-state index contributed by atoms with van der Waals surface area (Å²) in [5.41, 5.74) is 5.56. The Bertz CT molecular complexity index is 463. The summed E-state index contributed by atoms with van der Waals surface area (Å²) < 4.78 is 27.0. The first-order chi connectivity index (χ1) is 7.93. The molecule has 8 heteroatoms. The first kappa shape index (κ1) is 13.9. The van der Waals surface area contributed by atoms with Crippen LogP contribution in [-0.2, 0) is 17.1 Å². The lowest BCUT2D eigenvalue weighted by Gasteiger charge is -2.19. The third-order valence-corrected chi connectivity index (χ3v) is 4.18. The minimum atomic E-state index is -3.67. The number of hydrogen-bond acceptors (Lipinski definition) is 5. The van der Waals surface area contributed by atoms with Crippen molar-refractivity contribution in [3.8, 4) is 0 Å². The van der Waals surface area contributed by atoms with Crippen molar-refractivity contribution < 1.29 is 13.5 Å². The highest BCUT2D eigenvalue weighted by molar-refractivity contribution is 7.89. The Balaban J connectivity index is 3.11. The van der Waals surface area contributed by atoms with Crippen LogP contribution in [0.3, 0.4) is 0 Å². The number of nitrogens with zero attached hydrogens (tertiary/aromatic N) is 3. The molecule has 0 aliphatic heterocycles. The summed E-state index contributed by atoms with van der Waals surface area (Å²) in [6, 6.07) is 0. The van der Waals surface area contributed by atoms with Crippen LogP contribution in [0.2, 0.25) is 0 Å². The average Bonchev–Trinajstić information content (AvgIpc) is 2.58. The van der Waals surface area contributed by atoms with Crippen molar-refractivity contribution >= 4 is 15.8 Å². The third kappa shape index (κ3) is 2.96. The fraction of sp³-hybridized carbons (Fsp3) is 0.667. The number of sulfonamides is 1. The molecule has 0 aliphatic rings. The summed E-state index contributed by atoms with van der Waals surface area (Å²) in [6.07, 6.45) is 2.03. The predicted molar refractivity (Wildman–Crippen MR) is 63.8 cm³/mol. The highest BCUT2D eigenvalue weighted by Gasteiger charge is 2.27. The van der Waals surface area contributed by atoms with E-state index in [1.807, 2.05) is 6.92 Å². The maximum absolute atomic E-state index is 12.2. The Labute approximate surface area is 101 Å². The molecule has 0 amide bonds. The molecule has 0 radical (unpaired) electrons. The van der Waals surface area contributed by atoms with Crippen molar-refractivity contribution in [3.63, 3.8) is 0 Å². The lowest BCUT2D eigenvalue weighted by atomic mass is 10.5. The molecule has 1 aromatic rings. The van der Waals surface area contributed by atoms with E-state index in [9.17, 15) is 8.42 Å². The fourth-order valence-corrected chi connectivity index (χ4v) is 3.15. The van der Waals surface area contributed by atoms with Crippen LogP contribution in [0, 0.1) is 0 Å². The number of anilines is 1. The van der Waals surface area contributed by atoms with Crippen LogP contribution < -0.4 is 5.73 Å². The van der Waals surface area contributed by atoms with Crippen LogP contribution in [0.1, 0.15) is 13.3 Å². The van der Waals surface area contributed by atoms with Gasteiger partial charge in [0.1, 0.15) is 4.90 Å². The molecule has 0 aliphatic carbocycles. The predicted octanol–water partition coefficient (Wildman–Crippen LogP) is -0.605. The van der Waals surface area contributed by atoms with Gasteiger partial charge in [-0.3, -0.25) is 4.68 Å². The van der Waals surface area contributed by atoms with Crippen LogP contribution in [0.25, 0.3) is 0 Å². The molecule has 98 valence electrons. The molecular weight excluding hydrogens is 244 g/mol. The standard InChI is InChI=1S/C9H18N4O3S/c1-3-4-13(5-6-14)17(15,16)8-7-12(2)11-9(8)10/h7,14H,3-6H2,1-2H3,(H2,10,11). The van der Waals surface area contributed by atoms with E-state index in [-0.39, 0.29) is 23.9 Å². The molecule has 0 bridgehead atoms. The molecule has 0 atom stereocenters. The van der Waals surface area contributed by atoms with Crippen LogP contribution >= 0.6 is 0 Å². The summed E-state index contributed by atoms with van der Waals surface area (Å²) in [4.78, 5) is -0.0121. The number of aryl methyl sites for hydroxylation is 1. The van der Waals surface area contributed by atoms with Crippen molar-refractivity contribution in [2.24, 2.45) is 7.05 Å². The van der Waals surface area contributed by atoms with Gasteiger partial charge < -0.3 is 10.8 Å². The second-order valence-electron chi connectivity index (χ2n) is 3.68. The summed E-state index contributed by atoms with van der Waals surface area (Å²) in [7, 11) is -2.07. The largest absolute Gasteiger partial charge is 0.395 e. The Morgan fingerprint density at radius 1 is 1.53 bits per heavy atom. The topological polar surface area (TPSA) is 101 Å². The monoisotopic (exact) mass is 262 g/mol. The van der Waals surface area contributed by atoms with Crippen molar-refractivity contribution in [2.75, 3.05) is 25.4 Å². The van der Waals surface area contributed by atoms with E-state index >= 15 is 0 Å². The minimum Gasteiger partial charge on any atom is -0.395 e. The number of nitrogen functional groups attached to an aromatic ring is 1. The van der Waals surface area contributed by atoms with Gasteiger partial charge in [-0.25, -0.2) is 8.42 Å². The average molecular weight is 262 g/mol. The van der Waals surface area contributed by atoms with Crippen LogP contribution in [-0.4, -0.2) is 47.3 Å². The number of aromatic nitrogens is 2. The van der Waals surface area contributed by atoms with Crippen molar-refractivity contribution in [2.45, 2.75) is 18.2 Å². The molecule has 1 rings (SSSR count). The Morgan fingerprint density at radius 3 is 2.59 bits per heavy atom. The summed E-state index contributed by atoms with van der Waals surface area (Å²) >= 11 is 0. The van der Waals surface area contributed by atoms with Crippen molar-refractivity contribution in [3.05, 3.63) is 6.20 Å². The van der Waals surface area contributed by atoms with Gasteiger partial charge in [-0.1, -0.05) is 6.92 Å². The van der Waals surface area contributed by atoms with Gasteiger partial charge in [0.05, 0.1) is 6.61 Å². The normalized spacial score (nSPS) is 12.2. The van der Waals surface area contributed by atoms with Gasteiger partial charge in [0.25, 0.3) is 0 Å². The highest BCUT2D eigenvalue weighted by Crippen LogP contribution is 2.20. The molecule has 0 saturated heterocycles.